The summed E-state index contributed by atoms with van der Waals surface area (Å²) in [5.74, 6) is -0.266. The summed E-state index contributed by atoms with van der Waals surface area (Å²) in [4.78, 5) is 30.6. The molecule has 3 N–H and O–H groups in total. The van der Waals surface area contributed by atoms with E-state index in [4.69, 9.17) is 5.73 Å². The molecule has 168 valence electrons. The predicted molar refractivity (Wildman–Crippen MR) is 137 cm³/mol. The van der Waals surface area contributed by atoms with Crippen molar-refractivity contribution in [2.24, 2.45) is 10.7 Å². The van der Waals surface area contributed by atoms with E-state index in [1.54, 1.807) is 12.1 Å². The molecule has 33 heavy (non-hydrogen) atoms. The van der Waals surface area contributed by atoms with E-state index in [0.29, 0.717) is 16.8 Å². The largest absolute Gasteiger partial charge is 0.383 e. The maximum Gasteiger partial charge on any atom is 0.303 e. The molecule has 0 bridgehead atoms. The number of nitrogens with zero attached hydrogens (tertiary/aromatic N) is 2. The van der Waals surface area contributed by atoms with Crippen LogP contribution in [0.1, 0.15) is 35.2 Å². The Hall–Kier alpha value is -3.58. The minimum absolute atomic E-state index is 0.00743. The van der Waals surface area contributed by atoms with Gasteiger partial charge in [0.15, 0.2) is 0 Å². The quantitative estimate of drug-likeness (QED) is 0.273. The molecule has 0 spiro atoms. The van der Waals surface area contributed by atoms with Crippen molar-refractivity contribution in [2.75, 3.05) is 23.3 Å². The van der Waals surface area contributed by atoms with Crippen LogP contribution in [0.15, 0.2) is 77.8 Å². The summed E-state index contributed by atoms with van der Waals surface area (Å²) >= 11 is 3.69. The third kappa shape index (κ3) is 5.62. The number of amidine groups is 1. The summed E-state index contributed by atoms with van der Waals surface area (Å²) in [6.45, 7) is 2.00. The summed E-state index contributed by atoms with van der Waals surface area (Å²) in [5.41, 5.74) is 10.5. The van der Waals surface area contributed by atoms with Crippen molar-refractivity contribution in [3.8, 4) is 11.1 Å². The highest BCUT2D eigenvalue weighted by Crippen LogP contribution is 2.27. The van der Waals surface area contributed by atoms with Gasteiger partial charge in [-0.2, -0.15) is 4.99 Å². The van der Waals surface area contributed by atoms with Crippen LogP contribution < -0.4 is 16.0 Å². The second kappa shape index (κ2) is 10.4. The molecular formula is C26H26N4O2S. The van der Waals surface area contributed by atoms with Crippen LogP contribution in [0.3, 0.4) is 0 Å². The Kier molecular flexibility index (Phi) is 7.10. The highest BCUT2D eigenvalue weighted by molar-refractivity contribution is 7.96. The second-order valence-electron chi connectivity index (χ2n) is 7.96. The molecule has 0 unspecified atom stereocenters. The first-order valence-corrected chi connectivity index (χ1v) is 11.4. The number of hydrogen-bond donors (Lipinski definition) is 3. The molecule has 3 aromatic carbocycles. The van der Waals surface area contributed by atoms with E-state index in [1.165, 1.54) is 6.42 Å². The Balaban J connectivity index is 1.66. The Labute approximate surface area is 198 Å². The molecule has 1 aliphatic rings. The molecular weight excluding hydrogens is 432 g/mol. The third-order valence-electron chi connectivity index (χ3n) is 5.70. The van der Waals surface area contributed by atoms with Crippen molar-refractivity contribution in [1.29, 1.82) is 0 Å². The molecule has 0 saturated carbocycles. The van der Waals surface area contributed by atoms with E-state index in [2.05, 4.69) is 27.8 Å². The number of aliphatic imine (C=N–C) groups is 1. The SMILES string of the molecule is NC(=NC(=O)S)c1ccc(-c2ccccc2)cc1NC(=O)c1cccc(N2CCCCC2)c1. The van der Waals surface area contributed by atoms with Gasteiger partial charge in [0.05, 0.1) is 5.69 Å². The minimum atomic E-state index is -0.703. The zero-order chi connectivity index (χ0) is 23.2. The van der Waals surface area contributed by atoms with Crippen LogP contribution in [0.2, 0.25) is 0 Å². The van der Waals surface area contributed by atoms with Crippen LogP contribution in [0.4, 0.5) is 16.2 Å². The monoisotopic (exact) mass is 458 g/mol. The number of carbonyl (C=O) groups is 2. The van der Waals surface area contributed by atoms with Gasteiger partial charge in [-0.1, -0.05) is 55.1 Å². The van der Waals surface area contributed by atoms with Crippen LogP contribution in [-0.4, -0.2) is 30.1 Å². The van der Waals surface area contributed by atoms with Crippen LogP contribution >= 0.6 is 12.6 Å². The van der Waals surface area contributed by atoms with E-state index < -0.39 is 5.24 Å². The van der Waals surface area contributed by atoms with Gasteiger partial charge in [0.1, 0.15) is 5.84 Å². The molecule has 0 atom stereocenters. The second-order valence-corrected chi connectivity index (χ2v) is 8.34. The summed E-state index contributed by atoms with van der Waals surface area (Å²) in [5, 5.41) is 2.26. The molecule has 1 aliphatic heterocycles. The highest BCUT2D eigenvalue weighted by atomic mass is 32.1. The van der Waals surface area contributed by atoms with E-state index in [-0.39, 0.29) is 11.7 Å². The number of amides is 2. The normalized spacial score (nSPS) is 14.1. The molecule has 0 radical (unpaired) electrons. The fourth-order valence-corrected chi connectivity index (χ4v) is 4.14. The molecule has 7 heteroatoms. The van der Waals surface area contributed by atoms with Gasteiger partial charge in [-0.05, 0) is 60.7 Å². The molecule has 1 heterocycles. The van der Waals surface area contributed by atoms with Gasteiger partial charge < -0.3 is 16.0 Å². The molecule has 0 aliphatic carbocycles. The lowest BCUT2D eigenvalue weighted by Gasteiger charge is -2.29. The summed E-state index contributed by atoms with van der Waals surface area (Å²) in [6.07, 6.45) is 3.57. The standard InChI is InChI=1S/C26H26N4O2S/c27-24(29-26(32)33)22-13-12-19(18-8-3-1-4-9-18)17-23(22)28-25(31)20-10-7-11-21(16-20)30-14-5-2-6-15-30/h1,3-4,7-13,16-17H,2,5-6,14-15H2,(H,28,31)(H3,27,29,32,33). The Morgan fingerprint density at radius 1 is 0.879 bits per heavy atom. The number of carbonyl (C=O) groups excluding carboxylic acids is 2. The summed E-state index contributed by atoms with van der Waals surface area (Å²) in [7, 11) is 0. The van der Waals surface area contributed by atoms with Crippen LogP contribution in [0, 0.1) is 0 Å². The first kappa shape index (κ1) is 22.6. The van der Waals surface area contributed by atoms with Crippen molar-refractivity contribution < 1.29 is 9.59 Å². The van der Waals surface area contributed by atoms with Gasteiger partial charge >= 0.3 is 5.24 Å². The fourth-order valence-electron chi connectivity index (χ4n) is 4.03. The Bertz CT molecular complexity index is 1190. The number of rotatable bonds is 5. The molecule has 0 aromatic heterocycles. The number of hydrogen-bond acceptors (Lipinski definition) is 3. The summed E-state index contributed by atoms with van der Waals surface area (Å²) < 4.78 is 0. The van der Waals surface area contributed by atoms with Crippen LogP contribution in [-0.2, 0) is 0 Å². The number of thiol groups is 1. The minimum Gasteiger partial charge on any atom is -0.383 e. The van der Waals surface area contributed by atoms with Crippen LogP contribution in [0.25, 0.3) is 11.1 Å². The molecule has 2 amide bonds. The van der Waals surface area contributed by atoms with E-state index >= 15 is 0 Å². The zero-order valence-electron chi connectivity index (χ0n) is 18.2. The first-order valence-electron chi connectivity index (χ1n) is 10.9. The van der Waals surface area contributed by atoms with E-state index in [9.17, 15) is 9.59 Å². The number of benzene rings is 3. The van der Waals surface area contributed by atoms with Crippen molar-refractivity contribution in [1.82, 2.24) is 0 Å². The number of piperidine rings is 1. The van der Waals surface area contributed by atoms with Crippen LogP contribution in [0.5, 0.6) is 0 Å². The summed E-state index contributed by atoms with van der Waals surface area (Å²) in [6, 6.07) is 22.9. The lowest BCUT2D eigenvalue weighted by Crippen LogP contribution is -2.29. The molecule has 3 aromatic rings. The maximum atomic E-state index is 13.2. The van der Waals surface area contributed by atoms with Crippen molar-refractivity contribution in [3.05, 3.63) is 83.9 Å². The van der Waals surface area contributed by atoms with Gasteiger partial charge in [-0.15, -0.1) is 0 Å². The Morgan fingerprint density at radius 2 is 1.64 bits per heavy atom. The zero-order valence-corrected chi connectivity index (χ0v) is 19.1. The smallest absolute Gasteiger partial charge is 0.303 e. The van der Waals surface area contributed by atoms with Gasteiger partial charge in [0, 0.05) is 29.9 Å². The topological polar surface area (TPSA) is 87.8 Å². The van der Waals surface area contributed by atoms with Crippen molar-refractivity contribution in [2.45, 2.75) is 19.3 Å². The number of nitrogens with one attached hydrogen (secondary N) is 1. The lowest BCUT2D eigenvalue weighted by atomic mass is 10.0. The number of anilines is 2. The Morgan fingerprint density at radius 3 is 2.36 bits per heavy atom. The fraction of sp³-hybridized carbons (Fsp3) is 0.192. The maximum absolute atomic E-state index is 13.2. The molecule has 1 fully saturated rings. The first-order chi connectivity index (χ1) is 16.0. The predicted octanol–water partition coefficient (Wildman–Crippen LogP) is 5.35. The lowest BCUT2D eigenvalue weighted by molar-refractivity contribution is 0.102. The third-order valence-corrected chi connectivity index (χ3v) is 5.80. The molecule has 6 nitrogen and oxygen atoms in total. The van der Waals surface area contributed by atoms with Gasteiger partial charge in [0.2, 0.25) is 0 Å². The van der Waals surface area contributed by atoms with E-state index in [1.807, 2.05) is 60.7 Å². The molecule has 4 rings (SSSR count). The van der Waals surface area contributed by atoms with E-state index in [0.717, 1.165) is 42.7 Å². The van der Waals surface area contributed by atoms with Crippen molar-refractivity contribution in [3.63, 3.8) is 0 Å². The van der Waals surface area contributed by atoms with Gasteiger partial charge in [-0.25, -0.2) is 0 Å². The van der Waals surface area contributed by atoms with Gasteiger partial charge in [0.25, 0.3) is 5.91 Å². The van der Waals surface area contributed by atoms with Crippen molar-refractivity contribution >= 4 is 41.0 Å². The number of nitrogens with two attached hydrogens (primary N) is 1. The average Bonchev–Trinajstić information content (AvgIpc) is 2.84. The average molecular weight is 459 g/mol. The molecule has 1 saturated heterocycles. The highest BCUT2D eigenvalue weighted by Gasteiger charge is 2.16. The van der Waals surface area contributed by atoms with Gasteiger partial charge in [-0.3, -0.25) is 9.59 Å².